The third kappa shape index (κ3) is 3.07. The van der Waals surface area contributed by atoms with Crippen LogP contribution in [0.3, 0.4) is 0 Å². The average Bonchev–Trinajstić information content (AvgIpc) is 2.93. The van der Waals surface area contributed by atoms with E-state index < -0.39 is 0 Å². The summed E-state index contributed by atoms with van der Waals surface area (Å²) in [6, 6.07) is 13.8. The molecule has 1 saturated carbocycles. The molecule has 0 saturated heterocycles. The highest BCUT2D eigenvalue weighted by molar-refractivity contribution is 6.01. The van der Waals surface area contributed by atoms with Crippen molar-refractivity contribution in [3.05, 3.63) is 42.5 Å². The van der Waals surface area contributed by atoms with Crippen LogP contribution in [0.1, 0.15) is 19.3 Å². The van der Waals surface area contributed by atoms with E-state index in [0.717, 1.165) is 35.7 Å². The number of carbonyl (C=O) groups is 1. The molecule has 2 aromatic carbocycles. The minimum Gasteiger partial charge on any atom is -0.393 e. The molecule has 0 heterocycles. The number of hydrogen-bond donors (Lipinski definition) is 2. The molecule has 1 aliphatic carbocycles. The van der Waals surface area contributed by atoms with Crippen molar-refractivity contribution in [1.29, 1.82) is 0 Å². The molecule has 116 valence electrons. The van der Waals surface area contributed by atoms with E-state index in [-0.39, 0.29) is 18.1 Å². The number of fused-ring (bicyclic) bond motifs is 1. The quantitative estimate of drug-likeness (QED) is 0.911. The lowest BCUT2D eigenvalue weighted by atomic mass is 10.1. The van der Waals surface area contributed by atoms with Crippen LogP contribution in [0.25, 0.3) is 10.8 Å². The lowest BCUT2D eigenvalue weighted by Gasteiger charge is -2.23. The highest BCUT2D eigenvalue weighted by Crippen LogP contribution is 2.27. The van der Waals surface area contributed by atoms with Crippen molar-refractivity contribution in [2.45, 2.75) is 25.4 Å². The summed E-state index contributed by atoms with van der Waals surface area (Å²) < 4.78 is 0. The molecule has 2 unspecified atom stereocenters. The first kappa shape index (κ1) is 14.9. The Balaban J connectivity index is 1.70. The van der Waals surface area contributed by atoms with Gasteiger partial charge in [0.1, 0.15) is 0 Å². The monoisotopic (exact) mass is 298 g/mol. The maximum atomic E-state index is 12.4. The van der Waals surface area contributed by atoms with Crippen molar-refractivity contribution in [3.63, 3.8) is 0 Å². The normalized spacial score (nSPS) is 21.0. The molecular formula is C18H22N2O2. The van der Waals surface area contributed by atoms with Gasteiger partial charge in [-0.1, -0.05) is 42.8 Å². The lowest BCUT2D eigenvalue weighted by molar-refractivity contribution is 0.116. The van der Waals surface area contributed by atoms with Crippen LogP contribution in [0, 0.1) is 5.92 Å². The van der Waals surface area contributed by atoms with E-state index in [1.54, 1.807) is 11.9 Å². The first-order valence-corrected chi connectivity index (χ1v) is 7.83. The summed E-state index contributed by atoms with van der Waals surface area (Å²) in [4.78, 5) is 14.1. The smallest absolute Gasteiger partial charge is 0.321 e. The molecule has 3 rings (SSSR count). The summed E-state index contributed by atoms with van der Waals surface area (Å²) in [6.45, 7) is 0.595. The fourth-order valence-corrected chi connectivity index (χ4v) is 3.21. The number of rotatable bonds is 3. The maximum Gasteiger partial charge on any atom is 0.321 e. The molecule has 2 amide bonds. The molecule has 0 spiro atoms. The Labute approximate surface area is 130 Å². The van der Waals surface area contributed by atoms with Crippen molar-refractivity contribution >= 4 is 22.5 Å². The number of aliphatic hydroxyl groups excluding tert-OH is 1. The molecule has 4 nitrogen and oxygen atoms in total. The van der Waals surface area contributed by atoms with Crippen molar-refractivity contribution in [3.8, 4) is 0 Å². The number of hydrogen-bond acceptors (Lipinski definition) is 2. The van der Waals surface area contributed by atoms with E-state index in [0.29, 0.717) is 6.54 Å². The van der Waals surface area contributed by atoms with E-state index in [2.05, 4.69) is 5.32 Å². The summed E-state index contributed by atoms with van der Waals surface area (Å²) in [5.74, 6) is 0.197. The van der Waals surface area contributed by atoms with Crippen LogP contribution in [-0.2, 0) is 0 Å². The van der Waals surface area contributed by atoms with Gasteiger partial charge in [0, 0.05) is 24.9 Å². The van der Waals surface area contributed by atoms with E-state index in [4.69, 9.17) is 0 Å². The number of nitrogens with one attached hydrogen (secondary N) is 1. The minimum atomic E-state index is -0.271. The third-order valence-electron chi connectivity index (χ3n) is 4.51. The molecule has 1 aliphatic rings. The second kappa shape index (κ2) is 6.36. The Hall–Kier alpha value is -2.07. The van der Waals surface area contributed by atoms with Crippen LogP contribution in [-0.4, -0.2) is 35.7 Å². The van der Waals surface area contributed by atoms with Gasteiger partial charge in [0.2, 0.25) is 0 Å². The van der Waals surface area contributed by atoms with Crippen LogP contribution in [0.2, 0.25) is 0 Å². The van der Waals surface area contributed by atoms with Crippen LogP contribution in [0.4, 0.5) is 10.5 Å². The molecule has 2 aromatic rings. The Bertz CT molecular complexity index is 666. The summed E-state index contributed by atoms with van der Waals surface area (Å²) in [5, 5.41) is 15.0. The van der Waals surface area contributed by atoms with Gasteiger partial charge in [0.05, 0.1) is 11.8 Å². The molecule has 22 heavy (non-hydrogen) atoms. The highest BCUT2D eigenvalue weighted by atomic mass is 16.3. The van der Waals surface area contributed by atoms with Gasteiger partial charge in [-0.2, -0.15) is 0 Å². The number of urea groups is 1. The van der Waals surface area contributed by atoms with Gasteiger partial charge in [-0.25, -0.2) is 4.79 Å². The van der Waals surface area contributed by atoms with Gasteiger partial charge in [-0.05, 0) is 24.3 Å². The standard InChI is InChI=1S/C18H22N2O2/c1-20(12-14-8-5-11-17(14)21)18(22)19-16-10-4-7-13-6-2-3-9-15(13)16/h2-4,6-7,9-10,14,17,21H,5,8,11-12H2,1H3,(H,19,22). The Morgan fingerprint density at radius 1 is 1.23 bits per heavy atom. The molecule has 4 heteroatoms. The molecule has 2 N–H and O–H groups in total. The summed E-state index contributed by atoms with van der Waals surface area (Å²) >= 11 is 0. The molecule has 0 bridgehead atoms. The first-order valence-electron chi connectivity index (χ1n) is 7.83. The molecule has 2 atom stereocenters. The van der Waals surface area contributed by atoms with Gasteiger partial charge < -0.3 is 15.3 Å². The Kier molecular flexibility index (Phi) is 4.29. The van der Waals surface area contributed by atoms with Crippen molar-refractivity contribution in [2.75, 3.05) is 18.9 Å². The zero-order valence-electron chi connectivity index (χ0n) is 12.8. The SMILES string of the molecule is CN(CC1CCCC1O)C(=O)Nc1cccc2ccccc12. The molecule has 0 radical (unpaired) electrons. The van der Waals surface area contributed by atoms with Crippen LogP contribution < -0.4 is 5.32 Å². The first-order chi connectivity index (χ1) is 10.6. The number of aliphatic hydroxyl groups is 1. The number of anilines is 1. The van der Waals surface area contributed by atoms with Crippen molar-refractivity contribution < 1.29 is 9.90 Å². The third-order valence-corrected chi connectivity index (χ3v) is 4.51. The second-order valence-corrected chi connectivity index (χ2v) is 6.10. The molecule has 0 aromatic heterocycles. The molecule has 0 aliphatic heterocycles. The van der Waals surface area contributed by atoms with Crippen LogP contribution in [0.15, 0.2) is 42.5 Å². The zero-order valence-corrected chi connectivity index (χ0v) is 12.8. The number of nitrogens with zero attached hydrogens (tertiary/aromatic N) is 1. The predicted octanol–water partition coefficient (Wildman–Crippen LogP) is 3.46. The Morgan fingerprint density at radius 2 is 2.00 bits per heavy atom. The van der Waals surface area contributed by atoms with E-state index in [1.165, 1.54) is 0 Å². The summed E-state index contributed by atoms with van der Waals surface area (Å²) in [5.41, 5.74) is 0.821. The van der Waals surface area contributed by atoms with E-state index in [1.807, 2.05) is 42.5 Å². The topological polar surface area (TPSA) is 52.6 Å². The summed E-state index contributed by atoms with van der Waals surface area (Å²) in [6.07, 6.45) is 2.62. The maximum absolute atomic E-state index is 12.4. The molecule has 1 fully saturated rings. The number of amides is 2. The largest absolute Gasteiger partial charge is 0.393 e. The minimum absolute atomic E-state index is 0.129. The fraction of sp³-hybridized carbons (Fsp3) is 0.389. The van der Waals surface area contributed by atoms with Crippen molar-refractivity contribution in [1.82, 2.24) is 4.90 Å². The van der Waals surface area contributed by atoms with Gasteiger partial charge in [0.15, 0.2) is 0 Å². The van der Waals surface area contributed by atoms with E-state index in [9.17, 15) is 9.90 Å². The van der Waals surface area contributed by atoms with Gasteiger partial charge in [-0.3, -0.25) is 0 Å². The zero-order chi connectivity index (χ0) is 15.5. The molecular weight excluding hydrogens is 276 g/mol. The average molecular weight is 298 g/mol. The van der Waals surface area contributed by atoms with Gasteiger partial charge in [-0.15, -0.1) is 0 Å². The predicted molar refractivity (Wildman–Crippen MR) is 88.9 cm³/mol. The van der Waals surface area contributed by atoms with Crippen molar-refractivity contribution in [2.24, 2.45) is 5.92 Å². The lowest BCUT2D eigenvalue weighted by Crippen LogP contribution is -2.37. The highest BCUT2D eigenvalue weighted by Gasteiger charge is 2.27. The van der Waals surface area contributed by atoms with Gasteiger partial charge >= 0.3 is 6.03 Å². The Morgan fingerprint density at radius 3 is 2.77 bits per heavy atom. The fourth-order valence-electron chi connectivity index (χ4n) is 3.21. The van der Waals surface area contributed by atoms with Crippen LogP contribution in [0.5, 0.6) is 0 Å². The summed E-state index contributed by atoms with van der Waals surface area (Å²) in [7, 11) is 1.78. The van der Waals surface area contributed by atoms with Crippen LogP contribution >= 0.6 is 0 Å². The number of carbonyl (C=O) groups excluding carboxylic acids is 1. The second-order valence-electron chi connectivity index (χ2n) is 6.10. The van der Waals surface area contributed by atoms with E-state index >= 15 is 0 Å². The number of benzene rings is 2. The van der Waals surface area contributed by atoms with Gasteiger partial charge in [0.25, 0.3) is 0 Å².